The number of hydrogen-bond donors (Lipinski definition) is 0. The Kier molecular flexibility index (Phi) is 5.98. The van der Waals surface area contributed by atoms with Gasteiger partial charge < -0.3 is 0 Å². The van der Waals surface area contributed by atoms with Crippen LogP contribution in [0.1, 0.15) is 11.1 Å². The van der Waals surface area contributed by atoms with Crippen molar-refractivity contribution in [3.8, 4) is 0 Å². The predicted octanol–water partition coefficient (Wildman–Crippen LogP) is 3.60. The second-order valence-corrected chi connectivity index (χ2v) is 4.68. The first-order chi connectivity index (χ1) is 8.02. The highest BCUT2D eigenvalue weighted by Gasteiger charge is 2.13. The van der Waals surface area contributed by atoms with E-state index in [0.29, 0.717) is 18.4 Å². The highest BCUT2D eigenvalue weighted by molar-refractivity contribution is 9.09. The number of alkyl halides is 3. The van der Waals surface area contributed by atoms with Crippen LogP contribution >= 0.6 is 15.9 Å². The fourth-order valence-electron chi connectivity index (χ4n) is 1.60. The van der Waals surface area contributed by atoms with Gasteiger partial charge >= 0.3 is 0 Å². The Labute approximate surface area is 108 Å². The van der Waals surface area contributed by atoms with Crippen molar-refractivity contribution in [1.82, 2.24) is 4.90 Å². The van der Waals surface area contributed by atoms with Crippen LogP contribution in [-0.4, -0.2) is 29.7 Å². The van der Waals surface area contributed by atoms with Gasteiger partial charge in [0, 0.05) is 18.4 Å². The summed E-state index contributed by atoms with van der Waals surface area (Å²) >= 11 is 3.23. The number of hydrogen-bond acceptors (Lipinski definition) is 1. The van der Waals surface area contributed by atoms with Crippen LogP contribution in [0, 0.1) is 12.7 Å². The van der Waals surface area contributed by atoms with Gasteiger partial charge in [-0.1, -0.05) is 22.0 Å². The third-order valence-corrected chi connectivity index (χ3v) is 2.86. The van der Waals surface area contributed by atoms with Gasteiger partial charge in [0.25, 0.3) is 6.43 Å². The van der Waals surface area contributed by atoms with Crippen LogP contribution in [-0.2, 0) is 6.54 Å². The Bertz CT molecular complexity index is 358. The molecule has 0 amide bonds. The molecule has 1 aromatic rings. The highest BCUT2D eigenvalue weighted by atomic mass is 79.9. The average molecular weight is 310 g/mol. The van der Waals surface area contributed by atoms with Gasteiger partial charge in [-0.3, -0.25) is 4.90 Å². The third-order valence-electron chi connectivity index (χ3n) is 2.50. The fraction of sp³-hybridized carbons (Fsp3) is 0.500. The van der Waals surface area contributed by atoms with Crippen LogP contribution in [0.4, 0.5) is 13.2 Å². The zero-order valence-electron chi connectivity index (χ0n) is 9.60. The molecule has 0 radical (unpaired) electrons. The predicted molar refractivity (Wildman–Crippen MR) is 66.2 cm³/mol. The van der Waals surface area contributed by atoms with Crippen molar-refractivity contribution < 1.29 is 13.2 Å². The maximum absolute atomic E-state index is 13.1. The van der Waals surface area contributed by atoms with Gasteiger partial charge in [-0.05, 0) is 30.2 Å². The smallest absolute Gasteiger partial charge is 0.251 e. The van der Waals surface area contributed by atoms with Crippen molar-refractivity contribution in [1.29, 1.82) is 0 Å². The summed E-state index contributed by atoms with van der Waals surface area (Å²) in [5.74, 6) is -0.332. The highest BCUT2D eigenvalue weighted by Crippen LogP contribution is 2.14. The second-order valence-electron chi connectivity index (χ2n) is 3.89. The molecule has 0 aromatic heterocycles. The molecule has 0 aliphatic rings. The van der Waals surface area contributed by atoms with Crippen LogP contribution in [0.25, 0.3) is 0 Å². The Hall–Kier alpha value is -0.550. The van der Waals surface area contributed by atoms with Crippen LogP contribution in [0.2, 0.25) is 0 Å². The van der Waals surface area contributed by atoms with Gasteiger partial charge in [0.2, 0.25) is 0 Å². The van der Waals surface area contributed by atoms with E-state index in [1.165, 1.54) is 12.1 Å². The third kappa shape index (κ3) is 5.08. The minimum Gasteiger partial charge on any atom is -0.293 e. The summed E-state index contributed by atoms with van der Waals surface area (Å²) < 4.78 is 37.8. The summed E-state index contributed by atoms with van der Waals surface area (Å²) in [5.41, 5.74) is 1.67. The monoisotopic (exact) mass is 309 g/mol. The Morgan fingerprint density at radius 3 is 2.65 bits per heavy atom. The van der Waals surface area contributed by atoms with Crippen LogP contribution in [0.3, 0.4) is 0 Å². The molecule has 1 rings (SSSR count). The number of rotatable bonds is 6. The second kappa shape index (κ2) is 7.01. The van der Waals surface area contributed by atoms with Crippen LogP contribution in [0.5, 0.6) is 0 Å². The van der Waals surface area contributed by atoms with E-state index in [4.69, 9.17) is 0 Å². The standard InChI is InChI=1S/C12H15BrF3N/c1-9-2-3-11(14)6-10(9)7-17(5-4-13)8-12(15)16/h2-3,6,12H,4-5,7-8H2,1H3. The van der Waals surface area contributed by atoms with E-state index in [-0.39, 0.29) is 12.4 Å². The lowest BCUT2D eigenvalue weighted by atomic mass is 10.1. The summed E-state index contributed by atoms with van der Waals surface area (Å²) in [4.78, 5) is 1.61. The molecule has 96 valence electrons. The van der Waals surface area contributed by atoms with E-state index in [2.05, 4.69) is 15.9 Å². The number of halogens is 4. The first-order valence-corrected chi connectivity index (χ1v) is 6.46. The Morgan fingerprint density at radius 1 is 1.35 bits per heavy atom. The average Bonchev–Trinajstić information content (AvgIpc) is 2.23. The van der Waals surface area contributed by atoms with Crippen molar-refractivity contribution >= 4 is 15.9 Å². The van der Waals surface area contributed by atoms with E-state index < -0.39 is 6.43 Å². The van der Waals surface area contributed by atoms with Crippen molar-refractivity contribution in [2.75, 3.05) is 18.4 Å². The zero-order valence-corrected chi connectivity index (χ0v) is 11.2. The Balaban J connectivity index is 2.74. The molecule has 17 heavy (non-hydrogen) atoms. The van der Waals surface area contributed by atoms with E-state index >= 15 is 0 Å². The van der Waals surface area contributed by atoms with Gasteiger partial charge in [0.15, 0.2) is 0 Å². The molecule has 0 heterocycles. The van der Waals surface area contributed by atoms with E-state index in [9.17, 15) is 13.2 Å². The molecule has 0 bridgehead atoms. The summed E-state index contributed by atoms with van der Waals surface area (Å²) in [6, 6.07) is 4.45. The Morgan fingerprint density at radius 2 is 2.06 bits per heavy atom. The van der Waals surface area contributed by atoms with Crippen molar-refractivity contribution in [2.24, 2.45) is 0 Å². The quantitative estimate of drug-likeness (QED) is 0.726. The first-order valence-electron chi connectivity index (χ1n) is 5.34. The normalized spacial score (nSPS) is 11.5. The molecule has 0 fully saturated rings. The van der Waals surface area contributed by atoms with Crippen molar-refractivity contribution in [3.05, 3.63) is 35.1 Å². The molecule has 0 N–H and O–H groups in total. The molecule has 0 spiro atoms. The van der Waals surface area contributed by atoms with Gasteiger partial charge in [-0.2, -0.15) is 0 Å². The molecule has 0 atom stereocenters. The van der Waals surface area contributed by atoms with Gasteiger partial charge in [-0.15, -0.1) is 0 Å². The molecule has 1 nitrogen and oxygen atoms in total. The summed E-state index contributed by atoms with van der Waals surface area (Å²) in [5, 5.41) is 0.619. The number of nitrogens with zero attached hydrogens (tertiary/aromatic N) is 1. The number of aryl methyl sites for hydroxylation is 1. The van der Waals surface area contributed by atoms with Gasteiger partial charge in [-0.25, -0.2) is 13.2 Å². The number of benzene rings is 1. The first kappa shape index (κ1) is 14.5. The summed E-state index contributed by atoms with van der Waals surface area (Å²) in [6.07, 6.45) is -2.37. The van der Waals surface area contributed by atoms with Crippen LogP contribution in [0.15, 0.2) is 18.2 Å². The van der Waals surface area contributed by atoms with Gasteiger partial charge in [0.1, 0.15) is 5.82 Å². The topological polar surface area (TPSA) is 3.24 Å². The lowest BCUT2D eigenvalue weighted by Crippen LogP contribution is -2.30. The molecule has 0 saturated heterocycles. The summed E-state index contributed by atoms with van der Waals surface area (Å²) in [6.45, 7) is 2.42. The van der Waals surface area contributed by atoms with E-state index in [1.54, 1.807) is 11.0 Å². The maximum Gasteiger partial charge on any atom is 0.251 e. The maximum atomic E-state index is 13.1. The van der Waals surface area contributed by atoms with E-state index in [1.807, 2.05) is 6.92 Å². The molecule has 5 heteroatoms. The molecular weight excluding hydrogens is 295 g/mol. The lowest BCUT2D eigenvalue weighted by molar-refractivity contribution is 0.0880. The molecule has 1 aromatic carbocycles. The van der Waals surface area contributed by atoms with Crippen LogP contribution < -0.4 is 0 Å². The minimum absolute atomic E-state index is 0.290. The van der Waals surface area contributed by atoms with Crippen molar-refractivity contribution in [3.63, 3.8) is 0 Å². The van der Waals surface area contributed by atoms with E-state index in [0.717, 1.165) is 11.1 Å². The van der Waals surface area contributed by atoms with Gasteiger partial charge in [0.05, 0.1) is 6.54 Å². The minimum atomic E-state index is -2.37. The molecule has 0 aliphatic heterocycles. The molecular formula is C12H15BrF3N. The SMILES string of the molecule is Cc1ccc(F)cc1CN(CCBr)CC(F)F. The zero-order chi connectivity index (χ0) is 12.8. The fourth-order valence-corrected chi connectivity index (χ4v) is 2.10. The van der Waals surface area contributed by atoms with Crippen molar-refractivity contribution in [2.45, 2.75) is 19.9 Å². The molecule has 0 saturated carbocycles. The largest absolute Gasteiger partial charge is 0.293 e. The molecule has 0 unspecified atom stereocenters. The molecule has 0 aliphatic carbocycles. The summed E-state index contributed by atoms with van der Waals surface area (Å²) in [7, 11) is 0. The lowest BCUT2D eigenvalue weighted by Gasteiger charge is -2.21.